The predicted octanol–water partition coefficient (Wildman–Crippen LogP) is 3.34. The third-order valence-electron chi connectivity index (χ3n) is 4.14. The molecule has 0 aromatic heterocycles. The summed E-state index contributed by atoms with van der Waals surface area (Å²) in [4.78, 5) is 12.4. The second kappa shape index (κ2) is 9.53. The van der Waals surface area contributed by atoms with Crippen molar-refractivity contribution in [3.8, 4) is 5.75 Å². The highest BCUT2D eigenvalue weighted by Gasteiger charge is 2.22. The SMILES string of the molecule is CCCCc1ccc(NC(=O)C(C)NS(=O)(=O)c2ccc(OC)cc2)cc1. The third-order valence-corrected chi connectivity index (χ3v) is 5.69. The molecule has 6 nitrogen and oxygen atoms in total. The van der Waals surface area contributed by atoms with Crippen LogP contribution in [-0.4, -0.2) is 27.5 Å². The second-order valence-corrected chi connectivity index (χ2v) is 8.02. The van der Waals surface area contributed by atoms with Crippen LogP contribution in [0.1, 0.15) is 32.3 Å². The molecule has 0 radical (unpaired) electrons. The second-order valence-electron chi connectivity index (χ2n) is 6.31. The molecule has 0 fully saturated rings. The zero-order chi connectivity index (χ0) is 19.9. The van der Waals surface area contributed by atoms with Crippen molar-refractivity contribution < 1.29 is 17.9 Å². The summed E-state index contributed by atoms with van der Waals surface area (Å²) >= 11 is 0. The minimum Gasteiger partial charge on any atom is -0.497 e. The lowest BCUT2D eigenvalue weighted by Crippen LogP contribution is -2.41. The number of carbonyl (C=O) groups is 1. The van der Waals surface area contributed by atoms with Gasteiger partial charge < -0.3 is 10.1 Å². The lowest BCUT2D eigenvalue weighted by molar-refractivity contribution is -0.117. The first-order valence-corrected chi connectivity index (χ1v) is 10.4. The molecule has 0 heterocycles. The van der Waals surface area contributed by atoms with Crippen LogP contribution in [0.15, 0.2) is 53.4 Å². The van der Waals surface area contributed by atoms with Crippen molar-refractivity contribution in [3.05, 3.63) is 54.1 Å². The number of anilines is 1. The number of rotatable bonds is 9. The average molecular weight is 391 g/mol. The first-order valence-electron chi connectivity index (χ1n) is 8.92. The van der Waals surface area contributed by atoms with Crippen LogP contribution in [0.25, 0.3) is 0 Å². The van der Waals surface area contributed by atoms with Gasteiger partial charge in [0.25, 0.3) is 0 Å². The van der Waals surface area contributed by atoms with Crippen LogP contribution in [-0.2, 0) is 21.2 Å². The van der Waals surface area contributed by atoms with Crippen LogP contribution in [0.2, 0.25) is 0 Å². The molecule has 1 unspecified atom stereocenters. The molecule has 0 bridgehead atoms. The Hall–Kier alpha value is -2.38. The van der Waals surface area contributed by atoms with E-state index in [2.05, 4.69) is 17.0 Å². The number of nitrogens with one attached hydrogen (secondary N) is 2. The lowest BCUT2D eigenvalue weighted by atomic mass is 10.1. The van der Waals surface area contributed by atoms with E-state index in [-0.39, 0.29) is 4.90 Å². The Balaban J connectivity index is 1.97. The Morgan fingerprint density at radius 3 is 2.26 bits per heavy atom. The van der Waals surface area contributed by atoms with Crippen molar-refractivity contribution in [2.24, 2.45) is 0 Å². The first kappa shape index (κ1) is 20.9. The topological polar surface area (TPSA) is 84.5 Å². The van der Waals surface area contributed by atoms with E-state index in [4.69, 9.17) is 4.74 Å². The van der Waals surface area contributed by atoms with Crippen molar-refractivity contribution in [3.63, 3.8) is 0 Å². The molecule has 0 aliphatic rings. The summed E-state index contributed by atoms with van der Waals surface area (Å²) < 4.78 is 32.2. The maximum absolute atomic E-state index is 12.4. The van der Waals surface area contributed by atoms with Gasteiger partial charge in [-0.3, -0.25) is 4.79 Å². The molecule has 1 amide bonds. The van der Waals surface area contributed by atoms with E-state index in [0.717, 1.165) is 19.3 Å². The molecule has 0 spiro atoms. The van der Waals surface area contributed by atoms with Crippen LogP contribution in [0.5, 0.6) is 5.75 Å². The van der Waals surface area contributed by atoms with Crippen molar-refractivity contribution in [2.75, 3.05) is 12.4 Å². The highest BCUT2D eigenvalue weighted by Crippen LogP contribution is 2.16. The number of benzene rings is 2. The molecular formula is C20H26N2O4S. The summed E-state index contributed by atoms with van der Waals surface area (Å²) in [5.41, 5.74) is 1.85. The highest BCUT2D eigenvalue weighted by atomic mass is 32.2. The van der Waals surface area contributed by atoms with E-state index in [1.807, 2.05) is 24.3 Å². The van der Waals surface area contributed by atoms with Crippen molar-refractivity contribution in [1.29, 1.82) is 0 Å². The number of sulfonamides is 1. The average Bonchev–Trinajstić information content (AvgIpc) is 2.67. The van der Waals surface area contributed by atoms with E-state index >= 15 is 0 Å². The van der Waals surface area contributed by atoms with Crippen LogP contribution in [0, 0.1) is 0 Å². The Bertz CT molecular complexity index is 847. The Morgan fingerprint density at radius 1 is 1.07 bits per heavy atom. The van der Waals surface area contributed by atoms with Gasteiger partial charge in [-0.15, -0.1) is 0 Å². The van der Waals surface area contributed by atoms with Gasteiger partial charge in [-0.1, -0.05) is 25.5 Å². The van der Waals surface area contributed by atoms with Crippen LogP contribution < -0.4 is 14.8 Å². The number of hydrogen-bond acceptors (Lipinski definition) is 4. The largest absolute Gasteiger partial charge is 0.497 e. The quantitative estimate of drug-likeness (QED) is 0.688. The number of aryl methyl sites for hydroxylation is 1. The van der Waals surface area contributed by atoms with E-state index in [1.165, 1.54) is 31.7 Å². The van der Waals surface area contributed by atoms with Gasteiger partial charge >= 0.3 is 0 Å². The van der Waals surface area contributed by atoms with E-state index in [0.29, 0.717) is 11.4 Å². The summed E-state index contributed by atoms with van der Waals surface area (Å²) in [6.45, 7) is 3.65. The lowest BCUT2D eigenvalue weighted by Gasteiger charge is -2.15. The van der Waals surface area contributed by atoms with Gasteiger partial charge in [0, 0.05) is 5.69 Å². The standard InChI is InChI=1S/C20H26N2O4S/c1-4-5-6-16-7-9-17(10-8-16)21-20(23)15(2)22-27(24,25)19-13-11-18(26-3)12-14-19/h7-15,22H,4-6H2,1-3H3,(H,21,23). The third kappa shape index (κ3) is 6.08. The number of methoxy groups -OCH3 is 1. The minimum absolute atomic E-state index is 0.0724. The molecule has 7 heteroatoms. The fraction of sp³-hybridized carbons (Fsp3) is 0.350. The molecule has 146 valence electrons. The molecule has 2 N–H and O–H groups in total. The van der Waals surface area contributed by atoms with Gasteiger partial charge in [0.1, 0.15) is 5.75 Å². The molecule has 0 saturated carbocycles. The smallest absolute Gasteiger partial charge is 0.242 e. The first-order chi connectivity index (χ1) is 12.9. The monoisotopic (exact) mass is 390 g/mol. The van der Waals surface area contributed by atoms with Crippen LogP contribution in [0.4, 0.5) is 5.69 Å². The van der Waals surface area contributed by atoms with Gasteiger partial charge in [-0.2, -0.15) is 4.72 Å². The number of hydrogen-bond donors (Lipinski definition) is 2. The number of unbranched alkanes of at least 4 members (excludes halogenated alkanes) is 1. The summed E-state index contributed by atoms with van der Waals surface area (Å²) in [5, 5.41) is 2.73. The molecule has 0 aliphatic carbocycles. The van der Waals surface area contributed by atoms with E-state index in [1.54, 1.807) is 12.1 Å². The zero-order valence-corrected chi connectivity index (χ0v) is 16.7. The van der Waals surface area contributed by atoms with Gasteiger partial charge in [0.2, 0.25) is 15.9 Å². The predicted molar refractivity (Wildman–Crippen MR) is 106 cm³/mol. The number of amides is 1. The van der Waals surface area contributed by atoms with Gasteiger partial charge in [0.05, 0.1) is 18.0 Å². The zero-order valence-electron chi connectivity index (χ0n) is 15.9. The van der Waals surface area contributed by atoms with Crippen molar-refractivity contribution in [1.82, 2.24) is 4.72 Å². The van der Waals surface area contributed by atoms with Gasteiger partial charge in [-0.05, 0) is 61.7 Å². The normalized spacial score (nSPS) is 12.4. The van der Waals surface area contributed by atoms with Gasteiger partial charge in [0.15, 0.2) is 0 Å². The summed E-state index contributed by atoms with van der Waals surface area (Å²) in [5.74, 6) is 0.135. The Labute approximate surface area is 161 Å². The van der Waals surface area contributed by atoms with Crippen LogP contribution in [0.3, 0.4) is 0 Å². The summed E-state index contributed by atoms with van der Waals surface area (Å²) in [6.07, 6.45) is 3.25. The fourth-order valence-electron chi connectivity index (χ4n) is 2.50. The van der Waals surface area contributed by atoms with Gasteiger partial charge in [-0.25, -0.2) is 8.42 Å². The number of carbonyl (C=O) groups excluding carboxylic acids is 1. The van der Waals surface area contributed by atoms with Crippen molar-refractivity contribution in [2.45, 2.75) is 44.0 Å². The molecule has 0 saturated heterocycles. The summed E-state index contributed by atoms with van der Waals surface area (Å²) in [6, 6.07) is 12.6. The van der Waals surface area contributed by atoms with Crippen molar-refractivity contribution >= 4 is 21.6 Å². The molecule has 0 aliphatic heterocycles. The maximum Gasteiger partial charge on any atom is 0.242 e. The highest BCUT2D eigenvalue weighted by molar-refractivity contribution is 7.89. The number of ether oxygens (including phenoxy) is 1. The molecule has 27 heavy (non-hydrogen) atoms. The molecule has 2 aromatic carbocycles. The van der Waals surface area contributed by atoms with E-state index < -0.39 is 22.0 Å². The fourth-order valence-corrected chi connectivity index (χ4v) is 3.70. The molecule has 1 atom stereocenters. The molecular weight excluding hydrogens is 364 g/mol. The Morgan fingerprint density at radius 2 is 1.70 bits per heavy atom. The minimum atomic E-state index is -3.81. The maximum atomic E-state index is 12.4. The molecule has 2 aromatic rings. The molecule has 2 rings (SSSR count). The van der Waals surface area contributed by atoms with Crippen LogP contribution >= 0.6 is 0 Å². The van der Waals surface area contributed by atoms with E-state index in [9.17, 15) is 13.2 Å². The summed E-state index contributed by atoms with van der Waals surface area (Å²) in [7, 11) is -2.30. The Kier molecular flexibility index (Phi) is 7.38.